The molecule has 24 heavy (non-hydrogen) atoms. The highest BCUT2D eigenvalue weighted by Gasteiger charge is 2.23. The number of non-ortho nitro benzene ring substituents is 1. The minimum Gasteiger partial charge on any atom is -0.258 e. The maximum absolute atomic E-state index is 12.6. The molecule has 0 saturated carbocycles. The Kier molecular flexibility index (Phi) is 5.69. The standard InChI is InChI=1S/C17H20N2O4S/c1-13(2)11-17(14-7-4-3-5-8-14)18-24(22,23)16-10-6-9-15(12-16)19(20)21/h3-10,12-13,17-18H,11H2,1-2H3/t17-/m0/s1. The SMILES string of the molecule is CC(C)C[C@H](NS(=O)(=O)c1cccc([N+](=O)[O-])c1)c1ccccc1. The first-order valence-electron chi connectivity index (χ1n) is 7.61. The largest absolute Gasteiger partial charge is 0.270 e. The molecule has 1 atom stereocenters. The summed E-state index contributed by atoms with van der Waals surface area (Å²) in [5.41, 5.74) is 0.609. The van der Waals surface area contributed by atoms with Gasteiger partial charge in [-0.1, -0.05) is 50.2 Å². The second-order valence-electron chi connectivity index (χ2n) is 5.97. The van der Waals surface area contributed by atoms with E-state index in [2.05, 4.69) is 4.72 Å². The van der Waals surface area contributed by atoms with Crippen LogP contribution < -0.4 is 4.72 Å². The lowest BCUT2D eigenvalue weighted by Gasteiger charge is -2.21. The van der Waals surface area contributed by atoms with Crippen LogP contribution in [0.1, 0.15) is 31.9 Å². The van der Waals surface area contributed by atoms with Crippen LogP contribution in [-0.4, -0.2) is 13.3 Å². The highest BCUT2D eigenvalue weighted by atomic mass is 32.2. The summed E-state index contributed by atoms with van der Waals surface area (Å²) < 4.78 is 28.0. The Balaban J connectivity index is 2.33. The van der Waals surface area contributed by atoms with E-state index in [1.807, 2.05) is 44.2 Å². The van der Waals surface area contributed by atoms with Crippen LogP contribution in [0.15, 0.2) is 59.5 Å². The van der Waals surface area contributed by atoms with Gasteiger partial charge in [-0.3, -0.25) is 10.1 Å². The van der Waals surface area contributed by atoms with Gasteiger partial charge in [-0.25, -0.2) is 13.1 Å². The van der Waals surface area contributed by atoms with E-state index in [0.29, 0.717) is 6.42 Å². The van der Waals surface area contributed by atoms with E-state index in [-0.39, 0.29) is 16.5 Å². The van der Waals surface area contributed by atoms with E-state index < -0.39 is 21.0 Å². The molecular weight excluding hydrogens is 328 g/mol. The molecule has 128 valence electrons. The topological polar surface area (TPSA) is 89.3 Å². The molecule has 1 N–H and O–H groups in total. The summed E-state index contributed by atoms with van der Waals surface area (Å²) in [4.78, 5) is 10.1. The van der Waals surface area contributed by atoms with Gasteiger partial charge < -0.3 is 0 Å². The smallest absolute Gasteiger partial charge is 0.258 e. The number of rotatable bonds is 7. The van der Waals surface area contributed by atoms with Gasteiger partial charge in [-0.05, 0) is 24.0 Å². The monoisotopic (exact) mass is 348 g/mol. The van der Waals surface area contributed by atoms with Crippen molar-refractivity contribution in [3.8, 4) is 0 Å². The minimum absolute atomic E-state index is 0.110. The number of hydrogen-bond acceptors (Lipinski definition) is 4. The molecule has 2 aromatic rings. The second-order valence-corrected chi connectivity index (χ2v) is 7.68. The highest BCUT2D eigenvalue weighted by molar-refractivity contribution is 7.89. The molecule has 0 aliphatic rings. The molecule has 2 aromatic carbocycles. The third-order valence-electron chi connectivity index (χ3n) is 3.55. The third-order valence-corrected chi connectivity index (χ3v) is 5.01. The Morgan fingerprint density at radius 1 is 1.08 bits per heavy atom. The fourth-order valence-corrected chi connectivity index (χ4v) is 3.71. The lowest BCUT2D eigenvalue weighted by Crippen LogP contribution is -2.29. The summed E-state index contributed by atoms with van der Waals surface area (Å²) in [6.07, 6.45) is 0.623. The summed E-state index contributed by atoms with van der Waals surface area (Å²) >= 11 is 0. The van der Waals surface area contributed by atoms with Gasteiger partial charge in [0.1, 0.15) is 0 Å². The molecule has 2 rings (SSSR count). The zero-order valence-electron chi connectivity index (χ0n) is 13.5. The van der Waals surface area contributed by atoms with Crippen LogP contribution in [0.4, 0.5) is 5.69 Å². The van der Waals surface area contributed by atoms with Crippen LogP contribution in [0.3, 0.4) is 0 Å². The number of nitro benzene ring substituents is 1. The van der Waals surface area contributed by atoms with Gasteiger partial charge in [0.25, 0.3) is 5.69 Å². The average Bonchev–Trinajstić information content (AvgIpc) is 2.54. The molecule has 0 unspecified atom stereocenters. The number of nitrogens with zero attached hydrogens (tertiary/aromatic N) is 1. The predicted octanol–water partition coefficient (Wildman–Crippen LogP) is 3.66. The van der Waals surface area contributed by atoms with Crippen molar-refractivity contribution < 1.29 is 13.3 Å². The maximum atomic E-state index is 12.6. The fourth-order valence-electron chi connectivity index (χ4n) is 2.43. The Bertz CT molecular complexity index is 804. The van der Waals surface area contributed by atoms with Crippen molar-refractivity contribution in [3.05, 3.63) is 70.3 Å². The van der Waals surface area contributed by atoms with Crippen molar-refractivity contribution in [2.75, 3.05) is 0 Å². The summed E-state index contributed by atoms with van der Waals surface area (Å²) in [7, 11) is -3.86. The van der Waals surface area contributed by atoms with E-state index in [1.165, 1.54) is 18.2 Å². The van der Waals surface area contributed by atoms with Gasteiger partial charge >= 0.3 is 0 Å². The van der Waals surface area contributed by atoms with Crippen LogP contribution in [-0.2, 0) is 10.0 Å². The number of sulfonamides is 1. The molecule has 0 aliphatic heterocycles. The van der Waals surface area contributed by atoms with E-state index in [9.17, 15) is 18.5 Å². The summed E-state index contributed by atoms with van der Waals surface area (Å²) in [6.45, 7) is 4.02. The third kappa shape index (κ3) is 4.62. The molecule has 0 spiro atoms. The molecule has 0 saturated heterocycles. The highest BCUT2D eigenvalue weighted by Crippen LogP contribution is 2.25. The van der Waals surface area contributed by atoms with Gasteiger partial charge in [-0.15, -0.1) is 0 Å². The van der Waals surface area contributed by atoms with E-state index in [4.69, 9.17) is 0 Å². The van der Waals surface area contributed by atoms with Crippen molar-refractivity contribution in [2.45, 2.75) is 31.2 Å². The quantitative estimate of drug-likeness (QED) is 0.611. The molecule has 6 nitrogen and oxygen atoms in total. The molecule has 0 fully saturated rings. The molecule has 0 aliphatic carbocycles. The first kappa shape index (κ1) is 18.1. The summed E-state index contributed by atoms with van der Waals surface area (Å²) in [6, 6.07) is 14.0. The number of benzene rings is 2. The second kappa shape index (κ2) is 7.55. The van der Waals surface area contributed by atoms with E-state index in [1.54, 1.807) is 0 Å². The lowest BCUT2D eigenvalue weighted by atomic mass is 9.98. The Morgan fingerprint density at radius 2 is 1.75 bits per heavy atom. The van der Waals surface area contributed by atoms with Crippen LogP contribution in [0.2, 0.25) is 0 Å². The number of nitrogens with one attached hydrogen (secondary N) is 1. The molecule has 0 radical (unpaired) electrons. The Morgan fingerprint density at radius 3 is 2.33 bits per heavy atom. The summed E-state index contributed by atoms with van der Waals surface area (Å²) in [5.74, 6) is 0.281. The minimum atomic E-state index is -3.86. The summed E-state index contributed by atoms with van der Waals surface area (Å²) in [5, 5.41) is 10.9. The fraction of sp³-hybridized carbons (Fsp3) is 0.294. The van der Waals surface area contributed by atoms with Crippen LogP contribution >= 0.6 is 0 Å². The van der Waals surface area contributed by atoms with Crippen LogP contribution in [0.25, 0.3) is 0 Å². The Hall–Kier alpha value is -2.25. The van der Waals surface area contributed by atoms with Gasteiger partial charge in [0.15, 0.2) is 0 Å². The van der Waals surface area contributed by atoms with E-state index >= 15 is 0 Å². The van der Waals surface area contributed by atoms with Gasteiger partial charge in [0, 0.05) is 18.2 Å². The number of hydrogen-bond donors (Lipinski definition) is 1. The zero-order valence-corrected chi connectivity index (χ0v) is 14.4. The molecule has 0 heterocycles. The van der Waals surface area contributed by atoms with Crippen molar-refractivity contribution in [1.82, 2.24) is 4.72 Å². The first-order valence-corrected chi connectivity index (χ1v) is 9.09. The normalized spacial score (nSPS) is 13.0. The molecule has 0 amide bonds. The van der Waals surface area contributed by atoms with Crippen molar-refractivity contribution in [2.24, 2.45) is 5.92 Å². The van der Waals surface area contributed by atoms with Crippen LogP contribution in [0.5, 0.6) is 0 Å². The van der Waals surface area contributed by atoms with Crippen LogP contribution in [0, 0.1) is 16.0 Å². The van der Waals surface area contributed by atoms with Crippen molar-refractivity contribution in [1.29, 1.82) is 0 Å². The molecular formula is C17H20N2O4S. The maximum Gasteiger partial charge on any atom is 0.270 e. The van der Waals surface area contributed by atoms with E-state index in [0.717, 1.165) is 11.6 Å². The lowest BCUT2D eigenvalue weighted by molar-refractivity contribution is -0.385. The average molecular weight is 348 g/mol. The number of nitro groups is 1. The molecule has 7 heteroatoms. The van der Waals surface area contributed by atoms with Gasteiger partial charge in [-0.2, -0.15) is 0 Å². The Labute approximate surface area is 141 Å². The van der Waals surface area contributed by atoms with Gasteiger partial charge in [0.05, 0.1) is 9.82 Å². The molecule has 0 aromatic heterocycles. The molecule has 0 bridgehead atoms. The van der Waals surface area contributed by atoms with Gasteiger partial charge in [0.2, 0.25) is 10.0 Å². The predicted molar refractivity (Wildman–Crippen MR) is 92.1 cm³/mol. The zero-order chi connectivity index (χ0) is 17.7. The first-order chi connectivity index (χ1) is 11.3. The van der Waals surface area contributed by atoms with Crippen molar-refractivity contribution >= 4 is 15.7 Å². The van der Waals surface area contributed by atoms with Crippen molar-refractivity contribution in [3.63, 3.8) is 0 Å².